The second kappa shape index (κ2) is 6.39. The number of aryl methyl sites for hydroxylation is 2. The molecule has 6 heteroatoms. The van der Waals surface area contributed by atoms with Crippen LogP contribution in [0.1, 0.15) is 5.56 Å². The minimum absolute atomic E-state index is 0.102. The van der Waals surface area contributed by atoms with Gasteiger partial charge < -0.3 is 15.0 Å². The number of benzene rings is 2. The van der Waals surface area contributed by atoms with Gasteiger partial charge in [0.1, 0.15) is 11.6 Å². The van der Waals surface area contributed by atoms with E-state index < -0.39 is 11.6 Å². The first-order valence-electron chi connectivity index (χ1n) is 7.55. The fourth-order valence-electron chi connectivity index (χ4n) is 2.53. The largest absolute Gasteiger partial charge is 0.454 e. The van der Waals surface area contributed by atoms with Crippen LogP contribution in [0.15, 0.2) is 53.5 Å². The van der Waals surface area contributed by atoms with Crippen LogP contribution in [0.5, 0.6) is 11.5 Å². The zero-order valence-corrected chi connectivity index (χ0v) is 13.7. The summed E-state index contributed by atoms with van der Waals surface area (Å²) in [6, 6.07) is 9.51. The average Bonchev–Trinajstić information content (AvgIpc) is 2.55. The van der Waals surface area contributed by atoms with Gasteiger partial charge in [0, 0.05) is 42.2 Å². The van der Waals surface area contributed by atoms with Gasteiger partial charge in [-0.05, 0) is 42.8 Å². The summed E-state index contributed by atoms with van der Waals surface area (Å²) in [6.45, 7) is 1.79. The van der Waals surface area contributed by atoms with E-state index in [1.54, 1.807) is 38.4 Å². The molecule has 0 atom stereocenters. The van der Waals surface area contributed by atoms with Crippen molar-refractivity contribution in [2.24, 2.45) is 7.05 Å². The highest BCUT2D eigenvalue weighted by Gasteiger charge is 2.14. The molecule has 0 aliphatic rings. The standard InChI is InChI=1S/C19H16F2N2O2/c1-11-7-19(24)23(2)10-15(11)14-9-13(22)4-6-17(14)25-18-5-3-12(20)8-16(18)21/h3-10H,22H2,1-2H3. The predicted molar refractivity (Wildman–Crippen MR) is 92.7 cm³/mol. The van der Waals surface area contributed by atoms with Crippen molar-refractivity contribution in [1.82, 2.24) is 4.57 Å². The molecule has 0 radical (unpaired) electrons. The van der Waals surface area contributed by atoms with Crippen molar-refractivity contribution in [2.75, 3.05) is 5.73 Å². The third kappa shape index (κ3) is 3.38. The monoisotopic (exact) mass is 342 g/mol. The maximum atomic E-state index is 13.9. The molecule has 128 valence electrons. The Morgan fingerprint density at radius 1 is 1.00 bits per heavy atom. The van der Waals surface area contributed by atoms with Crippen LogP contribution in [0.3, 0.4) is 0 Å². The Morgan fingerprint density at radius 2 is 1.72 bits per heavy atom. The first-order chi connectivity index (χ1) is 11.8. The summed E-state index contributed by atoms with van der Waals surface area (Å²) in [5.41, 5.74) is 8.30. The summed E-state index contributed by atoms with van der Waals surface area (Å²) in [6.07, 6.45) is 1.67. The third-order valence-corrected chi connectivity index (χ3v) is 3.84. The summed E-state index contributed by atoms with van der Waals surface area (Å²) >= 11 is 0. The van der Waals surface area contributed by atoms with E-state index in [0.717, 1.165) is 23.3 Å². The molecular weight excluding hydrogens is 326 g/mol. The van der Waals surface area contributed by atoms with Gasteiger partial charge in [0.05, 0.1) is 0 Å². The molecule has 0 aliphatic carbocycles. The van der Waals surface area contributed by atoms with Crippen LogP contribution in [0.2, 0.25) is 0 Å². The van der Waals surface area contributed by atoms with Crippen LogP contribution < -0.4 is 16.0 Å². The summed E-state index contributed by atoms with van der Waals surface area (Å²) in [7, 11) is 1.64. The van der Waals surface area contributed by atoms with Crippen LogP contribution in [0, 0.1) is 18.6 Å². The quantitative estimate of drug-likeness (QED) is 0.732. The number of hydrogen-bond donors (Lipinski definition) is 1. The Labute approximate surface area is 143 Å². The normalized spacial score (nSPS) is 10.7. The average molecular weight is 342 g/mol. The molecular formula is C19H16F2N2O2. The molecule has 0 unspecified atom stereocenters. The number of hydrogen-bond acceptors (Lipinski definition) is 3. The first-order valence-corrected chi connectivity index (χ1v) is 7.55. The van der Waals surface area contributed by atoms with E-state index in [9.17, 15) is 13.6 Å². The van der Waals surface area contributed by atoms with Crippen molar-refractivity contribution in [3.05, 3.63) is 76.2 Å². The Bertz CT molecular complexity index is 1010. The highest BCUT2D eigenvalue weighted by molar-refractivity contribution is 5.76. The number of nitrogen functional groups attached to an aromatic ring is 1. The lowest BCUT2D eigenvalue weighted by atomic mass is 10.0. The Kier molecular flexibility index (Phi) is 4.27. The number of halogens is 2. The van der Waals surface area contributed by atoms with Gasteiger partial charge in [-0.3, -0.25) is 4.79 Å². The van der Waals surface area contributed by atoms with E-state index in [0.29, 0.717) is 17.0 Å². The van der Waals surface area contributed by atoms with Crippen LogP contribution in [-0.2, 0) is 7.05 Å². The molecule has 3 aromatic rings. The molecule has 0 aliphatic heterocycles. The minimum Gasteiger partial charge on any atom is -0.454 e. The highest BCUT2D eigenvalue weighted by atomic mass is 19.1. The maximum Gasteiger partial charge on any atom is 0.250 e. The Morgan fingerprint density at radius 3 is 2.44 bits per heavy atom. The van der Waals surface area contributed by atoms with Gasteiger partial charge in [-0.15, -0.1) is 0 Å². The Balaban J connectivity index is 2.13. The van der Waals surface area contributed by atoms with E-state index >= 15 is 0 Å². The van der Waals surface area contributed by atoms with Crippen molar-refractivity contribution in [3.63, 3.8) is 0 Å². The number of rotatable bonds is 3. The van der Waals surface area contributed by atoms with Gasteiger partial charge in [0.25, 0.3) is 5.56 Å². The van der Waals surface area contributed by atoms with E-state index in [1.165, 1.54) is 16.7 Å². The summed E-state index contributed by atoms with van der Waals surface area (Å²) < 4.78 is 34.1. The lowest BCUT2D eigenvalue weighted by Gasteiger charge is -2.15. The minimum atomic E-state index is -0.806. The van der Waals surface area contributed by atoms with Gasteiger partial charge >= 0.3 is 0 Å². The van der Waals surface area contributed by atoms with E-state index in [2.05, 4.69) is 0 Å². The zero-order chi connectivity index (χ0) is 18.1. The van der Waals surface area contributed by atoms with Crippen LogP contribution in [0.25, 0.3) is 11.1 Å². The molecule has 0 spiro atoms. The van der Waals surface area contributed by atoms with Gasteiger partial charge in [0.15, 0.2) is 11.6 Å². The second-order valence-corrected chi connectivity index (χ2v) is 5.75. The number of nitrogens with zero attached hydrogens (tertiary/aromatic N) is 1. The lowest BCUT2D eigenvalue weighted by molar-refractivity contribution is 0.439. The molecule has 25 heavy (non-hydrogen) atoms. The molecule has 2 aromatic carbocycles. The molecule has 0 saturated carbocycles. The molecule has 0 bridgehead atoms. The van der Waals surface area contributed by atoms with Crippen molar-refractivity contribution in [1.29, 1.82) is 0 Å². The first kappa shape index (κ1) is 16.7. The summed E-state index contributed by atoms with van der Waals surface area (Å²) in [5.74, 6) is -1.24. The smallest absolute Gasteiger partial charge is 0.250 e. The van der Waals surface area contributed by atoms with Gasteiger partial charge in [-0.1, -0.05) is 0 Å². The van der Waals surface area contributed by atoms with Crippen LogP contribution in [0.4, 0.5) is 14.5 Å². The molecule has 1 aromatic heterocycles. The van der Waals surface area contributed by atoms with E-state index in [-0.39, 0.29) is 11.3 Å². The predicted octanol–water partition coefficient (Wildman–Crippen LogP) is 4.01. The van der Waals surface area contributed by atoms with Crippen molar-refractivity contribution in [2.45, 2.75) is 6.92 Å². The lowest BCUT2D eigenvalue weighted by Crippen LogP contribution is -2.15. The van der Waals surface area contributed by atoms with Crippen molar-refractivity contribution >= 4 is 5.69 Å². The Hall–Kier alpha value is -3.15. The number of nitrogens with two attached hydrogens (primary N) is 1. The number of anilines is 1. The molecule has 0 saturated heterocycles. The number of ether oxygens (including phenoxy) is 1. The SMILES string of the molecule is Cc1cc(=O)n(C)cc1-c1cc(N)ccc1Oc1ccc(F)cc1F. The second-order valence-electron chi connectivity index (χ2n) is 5.75. The summed E-state index contributed by atoms with van der Waals surface area (Å²) in [5, 5.41) is 0. The van der Waals surface area contributed by atoms with Crippen LogP contribution >= 0.6 is 0 Å². The van der Waals surface area contributed by atoms with Gasteiger partial charge in [0.2, 0.25) is 0 Å². The van der Waals surface area contributed by atoms with E-state index in [4.69, 9.17) is 10.5 Å². The summed E-state index contributed by atoms with van der Waals surface area (Å²) in [4.78, 5) is 11.8. The molecule has 4 nitrogen and oxygen atoms in total. The van der Waals surface area contributed by atoms with Crippen molar-refractivity contribution < 1.29 is 13.5 Å². The fraction of sp³-hybridized carbons (Fsp3) is 0.105. The maximum absolute atomic E-state index is 13.9. The van der Waals surface area contributed by atoms with Crippen LogP contribution in [-0.4, -0.2) is 4.57 Å². The molecule has 0 fully saturated rings. The van der Waals surface area contributed by atoms with E-state index in [1.807, 2.05) is 0 Å². The van der Waals surface area contributed by atoms with Gasteiger partial charge in [-0.25, -0.2) is 8.78 Å². The fourth-order valence-corrected chi connectivity index (χ4v) is 2.53. The topological polar surface area (TPSA) is 57.2 Å². The van der Waals surface area contributed by atoms with Gasteiger partial charge in [-0.2, -0.15) is 0 Å². The molecule has 3 rings (SSSR count). The molecule has 2 N–H and O–H groups in total. The number of aromatic nitrogens is 1. The highest BCUT2D eigenvalue weighted by Crippen LogP contribution is 2.36. The number of pyridine rings is 1. The zero-order valence-electron chi connectivity index (χ0n) is 13.7. The third-order valence-electron chi connectivity index (χ3n) is 3.84. The molecule has 0 amide bonds. The van der Waals surface area contributed by atoms with Crippen molar-refractivity contribution in [3.8, 4) is 22.6 Å². The molecule has 1 heterocycles.